The van der Waals surface area contributed by atoms with E-state index in [9.17, 15) is 4.79 Å². The molecule has 0 radical (unpaired) electrons. The molecule has 0 aromatic rings. The first-order valence-corrected chi connectivity index (χ1v) is 3.47. The highest BCUT2D eigenvalue weighted by Gasteiger charge is 2.03. The summed E-state index contributed by atoms with van der Waals surface area (Å²) in [6.07, 6.45) is 0.502. The molecule has 3 heteroatoms. The zero-order chi connectivity index (χ0) is 7.98. The van der Waals surface area contributed by atoms with Gasteiger partial charge in [-0.05, 0) is 13.0 Å². The second kappa shape index (κ2) is 5.23. The largest absolute Gasteiger partial charge is 0.450 e. The van der Waals surface area contributed by atoms with E-state index >= 15 is 0 Å². The van der Waals surface area contributed by atoms with Crippen molar-refractivity contribution in [1.29, 1.82) is 0 Å². The van der Waals surface area contributed by atoms with Crippen LogP contribution in [0.25, 0.3) is 0 Å². The van der Waals surface area contributed by atoms with Crippen molar-refractivity contribution in [3.8, 4) is 0 Å². The van der Waals surface area contributed by atoms with Crippen LogP contribution in [0.1, 0.15) is 20.3 Å². The van der Waals surface area contributed by atoms with Crippen molar-refractivity contribution in [1.82, 2.24) is 5.32 Å². The van der Waals surface area contributed by atoms with Gasteiger partial charge < -0.3 is 4.74 Å². The zero-order valence-corrected chi connectivity index (χ0v) is 6.81. The Morgan fingerprint density at radius 1 is 1.60 bits per heavy atom. The van der Waals surface area contributed by atoms with Gasteiger partial charge in [-0.25, -0.2) is 0 Å². The van der Waals surface area contributed by atoms with Gasteiger partial charge in [-0.2, -0.15) is 0 Å². The molecular weight excluding hydrogens is 130 g/mol. The van der Waals surface area contributed by atoms with Crippen LogP contribution in [0.5, 0.6) is 0 Å². The minimum absolute atomic E-state index is 0.135. The average Bonchev–Trinajstić information content (AvgIpc) is 1.82. The monoisotopic (exact) mass is 145 g/mol. The topological polar surface area (TPSA) is 38.3 Å². The molecule has 0 saturated carbocycles. The molecule has 0 aromatic heterocycles. The molecule has 0 amide bonds. The summed E-state index contributed by atoms with van der Waals surface area (Å²) >= 11 is 0. The van der Waals surface area contributed by atoms with E-state index in [-0.39, 0.29) is 5.97 Å². The van der Waals surface area contributed by atoms with Gasteiger partial charge in [0.05, 0.1) is 0 Å². The summed E-state index contributed by atoms with van der Waals surface area (Å²) in [5, 5.41) is 2.73. The highest BCUT2D eigenvalue weighted by atomic mass is 16.5. The lowest BCUT2D eigenvalue weighted by Gasteiger charge is -2.04. The standard InChI is InChI=1S/C7H15NO2/c1-6(2)4-7(9)10-5-8-3/h6,8H,4-5H2,1-3H3. The normalized spacial score (nSPS) is 10.0. The van der Waals surface area contributed by atoms with Gasteiger partial charge in [0.25, 0.3) is 0 Å². The van der Waals surface area contributed by atoms with Gasteiger partial charge >= 0.3 is 5.97 Å². The van der Waals surface area contributed by atoms with Gasteiger partial charge in [-0.1, -0.05) is 13.8 Å². The Bertz CT molecular complexity index is 102. The van der Waals surface area contributed by atoms with E-state index in [1.165, 1.54) is 0 Å². The highest BCUT2D eigenvalue weighted by Crippen LogP contribution is 1.99. The van der Waals surface area contributed by atoms with Crippen molar-refractivity contribution in [3.63, 3.8) is 0 Å². The summed E-state index contributed by atoms with van der Waals surface area (Å²) in [4.78, 5) is 10.8. The van der Waals surface area contributed by atoms with Gasteiger partial charge in [0.15, 0.2) is 0 Å². The number of rotatable bonds is 4. The molecule has 0 fully saturated rings. The molecule has 0 bridgehead atoms. The van der Waals surface area contributed by atoms with Gasteiger partial charge in [0.2, 0.25) is 0 Å². The number of nitrogens with one attached hydrogen (secondary N) is 1. The first-order chi connectivity index (χ1) is 4.66. The predicted molar refractivity (Wildman–Crippen MR) is 39.5 cm³/mol. The Labute approximate surface area is 61.8 Å². The number of esters is 1. The molecule has 0 aromatic carbocycles. The molecule has 1 N–H and O–H groups in total. The third-order valence-electron chi connectivity index (χ3n) is 0.952. The van der Waals surface area contributed by atoms with E-state index in [1.807, 2.05) is 13.8 Å². The maximum atomic E-state index is 10.8. The third-order valence-corrected chi connectivity index (χ3v) is 0.952. The van der Waals surface area contributed by atoms with Crippen molar-refractivity contribution >= 4 is 5.97 Å². The molecule has 60 valence electrons. The number of ether oxygens (including phenoxy) is 1. The minimum atomic E-state index is -0.135. The minimum Gasteiger partial charge on any atom is -0.450 e. The molecule has 0 heterocycles. The van der Waals surface area contributed by atoms with Crippen molar-refractivity contribution in [2.45, 2.75) is 20.3 Å². The highest BCUT2D eigenvalue weighted by molar-refractivity contribution is 5.69. The fourth-order valence-corrected chi connectivity index (χ4v) is 0.545. The van der Waals surface area contributed by atoms with E-state index in [0.717, 1.165) is 0 Å². The van der Waals surface area contributed by atoms with Crippen LogP contribution in [0, 0.1) is 5.92 Å². The Morgan fingerprint density at radius 2 is 2.20 bits per heavy atom. The summed E-state index contributed by atoms with van der Waals surface area (Å²) in [6, 6.07) is 0. The third kappa shape index (κ3) is 5.56. The van der Waals surface area contributed by atoms with Crippen LogP contribution >= 0.6 is 0 Å². The Balaban J connectivity index is 3.26. The molecule has 0 atom stereocenters. The Kier molecular flexibility index (Phi) is 4.94. The number of carbonyl (C=O) groups excluding carboxylic acids is 1. The van der Waals surface area contributed by atoms with Gasteiger partial charge in [-0.3, -0.25) is 10.1 Å². The van der Waals surface area contributed by atoms with Crippen LogP contribution in [0.15, 0.2) is 0 Å². The van der Waals surface area contributed by atoms with Crippen LogP contribution in [-0.4, -0.2) is 19.7 Å². The average molecular weight is 145 g/mol. The first-order valence-electron chi connectivity index (χ1n) is 3.47. The molecule has 10 heavy (non-hydrogen) atoms. The van der Waals surface area contributed by atoms with E-state index in [4.69, 9.17) is 4.74 Å². The SMILES string of the molecule is CNCOC(=O)CC(C)C. The lowest BCUT2D eigenvalue weighted by atomic mass is 10.1. The van der Waals surface area contributed by atoms with Crippen LogP contribution in [0.3, 0.4) is 0 Å². The molecular formula is C7H15NO2. The van der Waals surface area contributed by atoms with E-state index in [2.05, 4.69) is 5.32 Å². The van der Waals surface area contributed by atoms with E-state index in [0.29, 0.717) is 19.1 Å². The maximum absolute atomic E-state index is 10.8. The lowest BCUT2D eigenvalue weighted by molar-refractivity contribution is -0.145. The van der Waals surface area contributed by atoms with Crippen molar-refractivity contribution < 1.29 is 9.53 Å². The Morgan fingerprint density at radius 3 is 2.60 bits per heavy atom. The zero-order valence-electron chi connectivity index (χ0n) is 6.81. The smallest absolute Gasteiger partial charge is 0.307 e. The molecule has 3 nitrogen and oxygen atoms in total. The van der Waals surface area contributed by atoms with Gasteiger partial charge in [0, 0.05) is 6.42 Å². The number of hydrogen-bond donors (Lipinski definition) is 1. The van der Waals surface area contributed by atoms with Gasteiger partial charge in [0.1, 0.15) is 6.73 Å². The molecule has 0 spiro atoms. The predicted octanol–water partition coefficient (Wildman–Crippen LogP) is 0.753. The molecule has 0 unspecified atom stereocenters. The van der Waals surface area contributed by atoms with E-state index < -0.39 is 0 Å². The van der Waals surface area contributed by atoms with Crippen LogP contribution < -0.4 is 5.32 Å². The number of carbonyl (C=O) groups is 1. The first kappa shape index (κ1) is 9.43. The summed E-state index contributed by atoms with van der Waals surface area (Å²) in [7, 11) is 1.74. The summed E-state index contributed by atoms with van der Waals surface area (Å²) < 4.78 is 4.75. The van der Waals surface area contributed by atoms with E-state index in [1.54, 1.807) is 7.05 Å². The van der Waals surface area contributed by atoms with Crippen molar-refractivity contribution in [2.24, 2.45) is 5.92 Å². The van der Waals surface area contributed by atoms with Crippen LogP contribution in [0.4, 0.5) is 0 Å². The van der Waals surface area contributed by atoms with Crippen LogP contribution in [0.2, 0.25) is 0 Å². The quantitative estimate of drug-likeness (QED) is 0.468. The number of hydrogen-bond acceptors (Lipinski definition) is 3. The van der Waals surface area contributed by atoms with Gasteiger partial charge in [-0.15, -0.1) is 0 Å². The van der Waals surface area contributed by atoms with Crippen LogP contribution in [-0.2, 0) is 9.53 Å². The second-order valence-corrected chi connectivity index (χ2v) is 2.61. The van der Waals surface area contributed by atoms with Crippen molar-refractivity contribution in [2.75, 3.05) is 13.8 Å². The second-order valence-electron chi connectivity index (χ2n) is 2.61. The summed E-state index contributed by atoms with van der Waals surface area (Å²) in [5.41, 5.74) is 0. The molecule has 0 rings (SSSR count). The summed E-state index contributed by atoms with van der Waals surface area (Å²) in [5.74, 6) is 0.244. The fraction of sp³-hybridized carbons (Fsp3) is 0.857. The molecule has 0 aliphatic heterocycles. The fourth-order valence-electron chi connectivity index (χ4n) is 0.545. The molecule has 0 saturated heterocycles. The molecule has 0 aliphatic carbocycles. The summed E-state index contributed by atoms with van der Waals surface area (Å²) in [6.45, 7) is 4.28. The van der Waals surface area contributed by atoms with Crippen molar-refractivity contribution in [3.05, 3.63) is 0 Å². The Hall–Kier alpha value is -0.570. The lowest BCUT2D eigenvalue weighted by Crippen LogP contribution is -2.17. The molecule has 0 aliphatic rings. The maximum Gasteiger partial charge on any atom is 0.307 e.